The third-order valence-corrected chi connectivity index (χ3v) is 5.39. The topological polar surface area (TPSA) is 12.0 Å². The molecule has 1 aliphatic carbocycles. The van der Waals surface area contributed by atoms with Gasteiger partial charge in [-0.25, -0.2) is 0 Å². The van der Waals surface area contributed by atoms with Gasteiger partial charge in [-0.1, -0.05) is 59.8 Å². The lowest BCUT2D eigenvalue weighted by molar-refractivity contribution is 0.140. The Morgan fingerprint density at radius 3 is 2.32 bits per heavy atom. The summed E-state index contributed by atoms with van der Waals surface area (Å²) < 4.78 is 0. The molecule has 1 fully saturated rings. The molecule has 0 heterocycles. The average molecular weight is 268 g/mol. The molecule has 3 atom stereocenters. The first kappa shape index (κ1) is 17.0. The predicted octanol–water partition coefficient (Wildman–Crippen LogP) is 5.25. The second-order valence-corrected chi connectivity index (χ2v) is 6.71. The highest BCUT2D eigenvalue weighted by Crippen LogP contribution is 2.40. The minimum atomic E-state index is 0.952. The van der Waals surface area contributed by atoms with Gasteiger partial charge in [-0.05, 0) is 56.0 Å². The monoisotopic (exact) mass is 267 g/mol. The molecule has 0 aliphatic heterocycles. The molecule has 1 heteroatoms. The van der Waals surface area contributed by atoms with Crippen LogP contribution in [-0.2, 0) is 0 Å². The van der Waals surface area contributed by atoms with Crippen LogP contribution < -0.4 is 5.32 Å². The Morgan fingerprint density at radius 1 is 1.00 bits per heavy atom. The molecule has 114 valence electrons. The Balaban J connectivity index is 2.53. The van der Waals surface area contributed by atoms with Crippen molar-refractivity contribution in [3.63, 3.8) is 0 Å². The molecule has 1 nitrogen and oxygen atoms in total. The van der Waals surface area contributed by atoms with E-state index in [1.54, 1.807) is 0 Å². The molecule has 1 N–H and O–H groups in total. The molecule has 1 rings (SSSR count). The van der Waals surface area contributed by atoms with Gasteiger partial charge in [-0.2, -0.15) is 0 Å². The van der Waals surface area contributed by atoms with Crippen LogP contribution in [0.3, 0.4) is 0 Å². The standard InChI is InChI=1S/C18H37N/c1-5-9-16-10-11-17(14-19-8-4)18(13-16)12-15(6-2)7-3/h15-19H,5-14H2,1-4H3. The largest absolute Gasteiger partial charge is 0.317 e. The van der Waals surface area contributed by atoms with Gasteiger partial charge in [0, 0.05) is 0 Å². The fraction of sp³-hybridized carbons (Fsp3) is 1.00. The van der Waals surface area contributed by atoms with Gasteiger partial charge in [0.1, 0.15) is 0 Å². The molecule has 3 unspecified atom stereocenters. The van der Waals surface area contributed by atoms with Crippen molar-refractivity contribution in [3.05, 3.63) is 0 Å². The molecule has 0 aromatic rings. The van der Waals surface area contributed by atoms with Gasteiger partial charge in [0.15, 0.2) is 0 Å². The summed E-state index contributed by atoms with van der Waals surface area (Å²) in [6.45, 7) is 11.7. The van der Waals surface area contributed by atoms with E-state index in [-0.39, 0.29) is 0 Å². The van der Waals surface area contributed by atoms with Crippen LogP contribution in [0.4, 0.5) is 0 Å². The van der Waals surface area contributed by atoms with E-state index >= 15 is 0 Å². The molecule has 0 saturated heterocycles. The Labute approximate surface area is 121 Å². The van der Waals surface area contributed by atoms with Crippen LogP contribution in [0.25, 0.3) is 0 Å². The van der Waals surface area contributed by atoms with Crippen LogP contribution in [0.1, 0.15) is 79.1 Å². The Hall–Kier alpha value is -0.0400. The minimum Gasteiger partial charge on any atom is -0.317 e. The summed E-state index contributed by atoms with van der Waals surface area (Å²) in [5.74, 6) is 3.94. The zero-order valence-corrected chi connectivity index (χ0v) is 13.9. The number of rotatable bonds is 9. The maximum absolute atomic E-state index is 3.60. The van der Waals surface area contributed by atoms with E-state index in [9.17, 15) is 0 Å². The van der Waals surface area contributed by atoms with Crippen molar-refractivity contribution in [2.45, 2.75) is 79.1 Å². The molecular formula is C18H37N. The third-order valence-electron chi connectivity index (χ3n) is 5.39. The zero-order valence-electron chi connectivity index (χ0n) is 13.9. The van der Waals surface area contributed by atoms with Crippen molar-refractivity contribution in [3.8, 4) is 0 Å². The molecule has 0 spiro atoms. The van der Waals surface area contributed by atoms with Crippen molar-refractivity contribution in [2.24, 2.45) is 23.7 Å². The first-order valence-electron chi connectivity index (χ1n) is 8.95. The van der Waals surface area contributed by atoms with E-state index in [1.807, 2.05) is 0 Å². The van der Waals surface area contributed by atoms with E-state index in [0.717, 1.165) is 30.2 Å². The summed E-state index contributed by atoms with van der Waals surface area (Å²) >= 11 is 0. The van der Waals surface area contributed by atoms with Crippen LogP contribution in [-0.4, -0.2) is 13.1 Å². The average Bonchev–Trinajstić information content (AvgIpc) is 2.44. The number of hydrogen-bond acceptors (Lipinski definition) is 1. The highest BCUT2D eigenvalue weighted by Gasteiger charge is 2.30. The summed E-state index contributed by atoms with van der Waals surface area (Å²) in [7, 11) is 0. The van der Waals surface area contributed by atoms with Crippen molar-refractivity contribution in [2.75, 3.05) is 13.1 Å². The van der Waals surface area contributed by atoms with E-state index < -0.39 is 0 Å². The van der Waals surface area contributed by atoms with E-state index in [0.29, 0.717) is 0 Å². The lowest BCUT2D eigenvalue weighted by Gasteiger charge is -2.38. The molecule has 0 bridgehead atoms. The zero-order chi connectivity index (χ0) is 14.1. The van der Waals surface area contributed by atoms with Crippen molar-refractivity contribution in [1.82, 2.24) is 5.32 Å². The fourth-order valence-corrected chi connectivity index (χ4v) is 4.03. The van der Waals surface area contributed by atoms with Crippen LogP contribution in [0.5, 0.6) is 0 Å². The summed E-state index contributed by atoms with van der Waals surface area (Å²) in [6, 6.07) is 0. The fourth-order valence-electron chi connectivity index (χ4n) is 4.03. The molecule has 0 radical (unpaired) electrons. The van der Waals surface area contributed by atoms with Crippen LogP contribution in [0, 0.1) is 23.7 Å². The minimum absolute atomic E-state index is 0.952. The quantitative estimate of drug-likeness (QED) is 0.601. The SMILES string of the molecule is CCCC1CCC(CNCC)C(CC(CC)CC)C1. The predicted molar refractivity (Wildman–Crippen MR) is 86.5 cm³/mol. The van der Waals surface area contributed by atoms with Gasteiger partial charge >= 0.3 is 0 Å². The van der Waals surface area contributed by atoms with E-state index in [2.05, 4.69) is 33.0 Å². The molecule has 19 heavy (non-hydrogen) atoms. The lowest BCUT2D eigenvalue weighted by Crippen LogP contribution is -2.34. The lowest BCUT2D eigenvalue weighted by atomic mass is 9.69. The normalized spacial score (nSPS) is 27.9. The highest BCUT2D eigenvalue weighted by atomic mass is 14.8. The summed E-state index contributed by atoms with van der Waals surface area (Å²) in [4.78, 5) is 0. The molecule has 0 amide bonds. The second kappa shape index (κ2) is 9.80. The molecular weight excluding hydrogens is 230 g/mol. The van der Waals surface area contributed by atoms with Crippen LogP contribution in [0.2, 0.25) is 0 Å². The van der Waals surface area contributed by atoms with Gasteiger partial charge in [0.05, 0.1) is 0 Å². The Bertz CT molecular complexity index is 210. The summed E-state index contributed by atoms with van der Waals surface area (Å²) in [5.41, 5.74) is 0. The Kier molecular flexibility index (Phi) is 8.77. The van der Waals surface area contributed by atoms with E-state index in [4.69, 9.17) is 0 Å². The summed E-state index contributed by atoms with van der Waals surface area (Å²) in [5, 5.41) is 3.60. The van der Waals surface area contributed by atoms with Crippen LogP contribution >= 0.6 is 0 Å². The smallest absolute Gasteiger partial charge is 0.00180 e. The van der Waals surface area contributed by atoms with E-state index in [1.165, 1.54) is 57.9 Å². The molecule has 1 saturated carbocycles. The van der Waals surface area contributed by atoms with Crippen molar-refractivity contribution in [1.29, 1.82) is 0 Å². The third kappa shape index (κ3) is 5.85. The van der Waals surface area contributed by atoms with Gasteiger partial charge < -0.3 is 5.32 Å². The Morgan fingerprint density at radius 2 is 1.74 bits per heavy atom. The van der Waals surface area contributed by atoms with Gasteiger partial charge in [-0.15, -0.1) is 0 Å². The molecule has 0 aromatic heterocycles. The molecule has 0 aromatic carbocycles. The van der Waals surface area contributed by atoms with Crippen LogP contribution in [0.15, 0.2) is 0 Å². The molecule has 1 aliphatic rings. The first-order chi connectivity index (χ1) is 9.24. The number of hydrogen-bond donors (Lipinski definition) is 1. The summed E-state index contributed by atoms with van der Waals surface area (Å²) in [6.07, 6.45) is 11.6. The van der Waals surface area contributed by atoms with Gasteiger partial charge in [-0.3, -0.25) is 0 Å². The maximum Gasteiger partial charge on any atom is -0.00180 e. The maximum atomic E-state index is 3.60. The second-order valence-electron chi connectivity index (χ2n) is 6.71. The van der Waals surface area contributed by atoms with Gasteiger partial charge in [0.25, 0.3) is 0 Å². The number of nitrogens with one attached hydrogen (secondary N) is 1. The van der Waals surface area contributed by atoms with Crippen molar-refractivity contribution < 1.29 is 0 Å². The van der Waals surface area contributed by atoms with Gasteiger partial charge in [0.2, 0.25) is 0 Å². The van der Waals surface area contributed by atoms with Crippen molar-refractivity contribution >= 4 is 0 Å². The first-order valence-corrected chi connectivity index (χ1v) is 8.95. The highest BCUT2D eigenvalue weighted by molar-refractivity contribution is 4.82.